The highest BCUT2D eigenvalue weighted by molar-refractivity contribution is 6.30. The molecule has 0 atom stereocenters. The quantitative estimate of drug-likeness (QED) is 0.757. The third-order valence-corrected chi connectivity index (χ3v) is 4.34. The number of nitrogens with zero attached hydrogens (tertiary/aromatic N) is 4. The van der Waals surface area contributed by atoms with Crippen molar-refractivity contribution in [2.24, 2.45) is 0 Å². The molecule has 0 aliphatic heterocycles. The Balaban J connectivity index is 1.79. The van der Waals surface area contributed by atoms with Crippen LogP contribution in [0.4, 0.5) is 5.69 Å². The first-order chi connectivity index (χ1) is 12.0. The Morgan fingerprint density at radius 2 is 1.96 bits per heavy atom. The molecular formula is C18H20ClN5O. The minimum Gasteiger partial charge on any atom is -0.319 e. The van der Waals surface area contributed by atoms with Crippen LogP contribution in [0.3, 0.4) is 0 Å². The maximum Gasteiger partial charge on any atom is 0.258 e. The number of carbonyl (C=O) groups excluding carboxylic acids is 1. The largest absolute Gasteiger partial charge is 0.319 e. The summed E-state index contributed by atoms with van der Waals surface area (Å²) in [4.78, 5) is 12.4. The van der Waals surface area contributed by atoms with Crippen molar-refractivity contribution in [3.8, 4) is 0 Å². The van der Waals surface area contributed by atoms with E-state index in [0.717, 1.165) is 29.2 Å². The zero-order chi connectivity index (χ0) is 18.0. The van der Waals surface area contributed by atoms with E-state index in [-0.39, 0.29) is 5.91 Å². The molecule has 130 valence electrons. The van der Waals surface area contributed by atoms with Crippen molar-refractivity contribution in [3.63, 3.8) is 0 Å². The van der Waals surface area contributed by atoms with Crippen molar-refractivity contribution >= 4 is 23.2 Å². The highest BCUT2D eigenvalue weighted by Gasteiger charge is 2.16. The van der Waals surface area contributed by atoms with E-state index < -0.39 is 0 Å². The summed E-state index contributed by atoms with van der Waals surface area (Å²) in [5, 5.41) is 12.3. The van der Waals surface area contributed by atoms with Crippen molar-refractivity contribution in [2.45, 2.75) is 33.9 Å². The van der Waals surface area contributed by atoms with Crippen molar-refractivity contribution < 1.29 is 4.79 Å². The number of nitrogens with one attached hydrogen (secondary N) is 1. The molecule has 0 bridgehead atoms. The van der Waals surface area contributed by atoms with Gasteiger partial charge in [-0.25, -0.2) is 0 Å². The summed E-state index contributed by atoms with van der Waals surface area (Å²) in [6, 6.07) is 7.65. The van der Waals surface area contributed by atoms with Crippen LogP contribution >= 0.6 is 11.6 Å². The summed E-state index contributed by atoms with van der Waals surface area (Å²) in [7, 11) is 0. The fraction of sp³-hybridized carbons (Fsp3) is 0.278. The number of benzene rings is 1. The fourth-order valence-corrected chi connectivity index (χ4v) is 2.76. The number of halogens is 1. The zero-order valence-corrected chi connectivity index (χ0v) is 15.2. The van der Waals surface area contributed by atoms with Crippen LogP contribution in [0.15, 0.2) is 36.7 Å². The van der Waals surface area contributed by atoms with E-state index >= 15 is 0 Å². The first-order valence-corrected chi connectivity index (χ1v) is 8.48. The lowest BCUT2D eigenvalue weighted by Crippen LogP contribution is -2.13. The molecular weight excluding hydrogens is 338 g/mol. The average Bonchev–Trinajstić information content (AvgIpc) is 3.18. The molecule has 0 saturated heterocycles. The number of rotatable bonds is 5. The molecule has 6 nitrogen and oxygen atoms in total. The second-order valence-corrected chi connectivity index (χ2v) is 6.31. The van der Waals surface area contributed by atoms with E-state index in [0.29, 0.717) is 17.1 Å². The van der Waals surface area contributed by atoms with Gasteiger partial charge in [0, 0.05) is 17.8 Å². The van der Waals surface area contributed by atoms with Gasteiger partial charge >= 0.3 is 0 Å². The Morgan fingerprint density at radius 3 is 2.60 bits per heavy atom. The topological polar surface area (TPSA) is 64.7 Å². The lowest BCUT2D eigenvalue weighted by Gasteiger charge is -2.07. The van der Waals surface area contributed by atoms with Crippen molar-refractivity contribution in [3.05, 3.63) is 64.2 Å². The standard InChI is InChI=1S/C18H20ClN5O/c1-4-23-11-15(9-20-23)18(25)21-17-12(2)22-24(13(17)3)10-14-5-7-16(19)8-6-14/h5-9,11H,4,10H2,1-3H3,(H,21,25). The van der Waals surface area contributed by atoms with Gasteiger partial charge in [-0.3, -0.25) is 14.2 Å². The minimum atomic E-state index is -0.183. The molecule has 3 aromatic rings. The SMILES string of the molecule is CCn1cc(C(=O)Nc2c(C)nn(Cc3ccc(Cl)cc3)c2C)cn1. The molecule has 2 heterocycles. The van der Waals surface area contributed by atoms with Gasteiger partial charge in [0.05, 0.1) is 35.4 Å². The molecule has 0 fully saturated rings. The van der Waals surface area contributed by atoms with Crippen LogP contribution in [0.1, 0.15) is 34.2 Å². The highest BCUT2D eigenvalue weighted by Crippen LogP contribution is 2.21. The van der Waals surface area contributed by atoms with Gasteiger partial charge < -0.3 is 5.32 Å². The summed E-state index contributed by atoms with van der Waals surface area (Å²) < 4.78 is 3.60. The Bertz CT molecular complexity index is 895. The number of amides is 1. The van der Waals surface area contributed by atoms with Crippen LogP contribution in [0, 0.1) is 13.8 Å². The van der Waals surface area contributed by atoms with Gasteiger partial charge in [-0.05, 0) is 38.5 Å². The highest BCUT2D eigenvalue weighted by atomic mass is 35.5. The third kappa shape index (κ3) is 3.74. The Morgan fingerprint density at radius 1 is 1.24 bits per heavy atom. The van der Waals surface area contributed by atoms with Crippen LogP contribution in [0.5, 0.6) is 0 Å². The number of hydrogen-bond donors (Lipinski definition) is 1. The molecule has 2 aromatic heterocycles. The molecule has 0 radical (unpaired) electrons. The van der Waals surface area contributed by atoms with E-state index in [1.165, 1.54) is 0 Å². The summed E-state index contributed by atoms with van der Waals surface area (Å²) >= 11 is 5.93. The second kappa shape index (κ2) is 7.11. The molecule has 0 unspecified atom stereocenters. The summed E-state index contributed by atoms with van der Waals surface area (Å²) in [5.41, 5.74) is 4.05. The molecule has 25 heavy (non-hydrogen) atoms. The predicted molar refractivity (Wildman–Crippen MR) is 98.1 cm³/mol. The van der Waals surface area contributed by atoms with Gasteiger partial charge in [0.25, 0.3) is 5.91 Å². The first kappa shape index (κ1) is 17.2. The molecule has 1 N–H and O–H groups in total. The number of carbonyl (C=O) groups is 1. The van der Waals surface area contributed by atoms with Gasteiger partial charge in [0.15, 0.2) is 0 Å². The van der Waals surface area contributed by atoms with E-state index in [1.807, 2.05) is 49.7 Å². The molecule has 7 heteroatoms. The van der Waals surface area contributed by atoms with Gasteiger partial charge in [0.2, 0.25) is 0 Å². The van der Waals surface area contributed by atoms with E-state index in [4.69, 9.17) is 11.6 Å². The molecule has 0 aliphatic rings. The molecule has 0 aliphatic carbocycles. The van der Waals surface area contributed by atoms with E-state index in [9.17, 15) is 4.79 Å². The molecule has 1 aromatic carbocycles. The summed E-state index contributed by atoms with van der Waals surface area (Å²) in [6.45, 7) is 7.15. The number of hydrogen-bond acceptors (Lipinski definition) is 3. The van der Waals surface area contributed by atoms with Gasteiger partial charge in [0.1, 0.15) is 0 Å². The first-order valence-electron chi connectivity index (χ1n) is 8.10. The van der Waals surface area contributed by atoms with Crippen LogP contribution in [0.2, 0.25) is 5.02 Å². The third-order valence-electron chi connectivity index (χ3n) is 4.09. The lowest BCUT2D eigenvalue weighted by atomic mass is 10.2. The normalized spacial score (nSPS) is 10.9. The van der Waals surface area contributed by atoms with Crippen LogP contribution < -0.4 is 5.32 Å². The molecule has 0 saturated carbocycles. The zero-order valence-electron chi connectivity index (χ0n) is 14.5. The average molecular weight is 358 g/mol. The fourth-order valence-electron chi connectivity index (χ4n) is 2.63. The number of anilines is 1. The maximum absolute atomic E-state index is 12.4. The summed E-state index contributed by atoms with van der Waals surface area (Å²) in [5.74, 6) is -0.183. The van der Waals surface area contributed by atoms with Crippen molar-refractivity contribution in [1.82, 2.24) is 19.6 Å². The summed E-state index contributed by atoms with van der Waals surface area (Å²) in [6.07, 6.45) is 3.31. The van der Waals surface area contributed by atoms with Crippen molar-refractivity contribution in [1.29, 1.82) is 0 Å². The Hall–Kier alpha value is -2.60. The predicted octanol–water partition coefficient (Wildman–Crippen LogP) is 3.67. The minimum absolute atomic E-state index is 0.183. The smallest absolute Gasteiger partial charge is 0.258 e. The lowest BCUT2D eigenvalue weighted by molar-refractivity contribution is 0.102. The van der Waals surface area contributed by atoms with E-state index in [1.54, 1.807) is 17.1 Å². The molecule has 3 rings (SSSR count). The molecule has 0 spiro atoms. The van der Waals surface area contributed by atoms with Crippen LogP contribution in [-0.2, 0) is 13.1 Å². The van der Waals surface area contributed by atoms with Gasteiger partial charge in [-0.1, -0.05) is 23.7 Å². The van der Waals surface area contributed by atoms with Gasteiger partial charge in [-0.15, -0.1) is 0 Å². The number of aromatic nitrogens is 4. The van der Waals surface area contributed by atoms with Crippen LogP contribution in [-0.4, -0.2) is 25.5 Å². The number of aryl methyl sites for hydroxylation is 2. The van der Waals surface area contributed by atoms with E-state index in [2.05, 4.69) is 15.5 Å². The maximum atomic E-state index is 12.4. The molecule has 1 amide bonds. The van der Waals surface area contributed by atoms with Crippen molar-refractivity contribution in [2.75, 3.05) is 5.32 Å². The van der Waals surface area contributed by atoms with Crippen LogP contribution in [0.25, 0.3) is 0 Å². The second-order valence-electron chi connectivity index (χ2n) is 5.87. The van der Waals surface area contributed by atoms with Gasteiger partial charge in [-0.2, -0.15) is 10.2 Å². The Kier molecular flexibility index (Phi) is 4.90. The Labute approximate surface area is 151 Å². The monoisotopic (exact) mass is 357 g/mol.